The standard InChI is InChI=1S/C26H14Br2Cl2/c27-15-1-3-17-13(9-15)11-21-19(5-7-23(29)25(17)21)20-6-8-24(30)26-18-4-2-16(28)10-14(18)12-22(20)26/h1-10H,11-12H2. The molecule has 4 heteroatoms. The summed E-state index contributed by atoms with van der Waals surface area (Å²) in [7, 11) is 0. The smallest absolute Gasteiger partial charge is 0.0487 e. The van der Waals surface area contributed by atoms with Crippen LogP contribution in [0, 0.1) is 0 Å². The van der Waals surface area contributed by atoms with Crippen LogP contribution in [0.3, 0.4) is 0 Å². The molecule has 4 aromatic carbocycles. The van der Waals surface area contributed by atoms with Gasteiger partial charge < -0.3 is 0 Å². The molecule has 0 unspecified atom stereocenters. The van der Waals surface area contributed by atoms with Gasteiger partial charge in [-0.25, -0.2) is 0 Å². The first kappa shape index (κ1) is 19.1. The normalized spacial score (nSPS) is 13.1. The Bertz CT molecular complexity index is 1280. The van der Waals surface area contributed by atoms with E-state index < -0.39 is 0 Å². The van der Waals surface area contributed by atoms with Crippen molar-refractivity contribution in [2.75, 3.05) is 0 Å². The van der Waals surface area contributed by atoms with Crippen molar-refractivity contribution in [1.82, 2.24) is 0 Å². The molecule has 0 atom stereocenters. The van der Waals surface area contributed by atoms with Gasteiger partial charge in [-0.05, 0) is 93.7 Å². The number of fused-ring (bicyclic) bond motifs is 6. The molecule has 0 heterocycles. The molecule has 0 saturated carbocycles. The van der Waals surface area contributed by atoms with Gasteiger partial charge in [0.05, 0.1) is 0 Å². The summed E-state index contributed by atoms with van der Waals surface area (Å²) in [6.07, 6.45) is 1.77. The zero-order chi connectivity index (χ0) is 20.6. The minimum absolute atomic E-state index is 0.813. The fourth-order valence-electron chi connectivity index (χ4n) is 4.98. The zero-order valence-electron chi connectivity index (χ0n) is 15.7. The Morgan fingerprint density at radius 3 is 1.37 bits per heavy atom. The average molecular weight is 557 g/mol. The van der Waals surface area contributed by atoms with Gasteiger partial charge in [0.25, 0.3) is 0 Å². The van der Waals surface area contributed by atoms with Crippen LogP contribution in [0.1, 0.15) is 22.3 Å². The van der Waals surface area contributed by atoms with E-state index in [1.807, 2.05) is 12.1 Å². The van der Waals surface area contributed by atoms with Gasteiger partial charge in [0.15, 0.2) is 0 Å². The molecule has 6 rings (SSSR count). The maximum absolute atomic E-state index is 6.69. The molecule has 0 spiro atoms. The van der Waals surface area contributed by atoms with Gasteiger partial charge >= 0.3 is 0 Å². The second-order valence-electron chi connectivity index (χ2n) is 7.85. The summed E-state index contributed by atoms with van der Waals surface area (Å²) in [5.41, 5.74) is 12.5. The lowest BCUT2D eigenvalue weighted by Gasteiger charge is -2.15. The zero-order valence-corrected chi connectivity index (χ0v) is 20.4. The van der Waals surface area contributed by atoms with Crippen molar-refractivity contribution >= 4 is 55.1 Å². The van der Waals surface area contributed by atoms with Crippen LogP contribution >= 0.6 is 55.1 Å². The summed E-state index contributed by atoms with van der Waals surface area (Å²) in [6, 6.07) is 21.3. The monoisotopic (exact) mass is 554 g/mol. The highest BCUT2D eigenvalue weighted by atomic mass is 79.9. The fraction of sp³-hybridized carbons (Fsp3) is 0.0769. The molecule has 0 bridgehead atoms. The topological polar surface area (TPSA) is 0 Å². The van der Waals surface area contributed by atoms with Crippen LogP contribution in [-0.4, -0.2) is 0 Å². The van der Waals surface area contributed by atoms with Crippen LogP contribution in [0.2, 0.25) is 10.0 Å². The number of hydrogen-bond acceptors (Lipinski definition) is 0. The highest BCUT2D eigenvalue weighted by Crippen LogP contribution is 2.50. The first-order valence-electron chi connectivity index (χ1n) is 9.72. The first-order valence-corrected chi connectivity index (χ1v) is 12.1. The molecule has 30 heavy (non-hydrogen) atoms. The summed E-state index contributed by atoms with van der Waals surface area (Å²) in [5, 5.41) is 1.63. The van der Waals surface area contributed by atoms with Crippen LogP contribution in [0.5, 0.6) is 0 Å². The molecule has 2 aliphatic rings. The molecule has 0 radical (unpaired) electrons. The molecule has 0 fully saturated rings. The predicted molar refractivity (Wildman–Crippen MR) is 134 cm³/mol. The third-order valence-electron chi connectivity index (χ3n) is 6.22. The fourth-order valence-corrected chi connectivity index (χ4v) is 6.35. The van der Waals surface area contributed by atoms with Crippen molar-refractivity contribution in [3.63, 3.8) is 0 Å². The molecular weight excluding hydrogens is 543 g/mol. The van der Waals surface area contributed by atoms with E-state index in [0.29, 0.717) is 0 Å². The summed E-state index contributed by atoms with van der Waals surface area (Å²) >= 11 is 20.6. The molecule has 0 aliphatic heterocycles. The highest BCUT2D eigenvalue weighted by molar-refractivity contribution is 9.10. The molecule has 146 valence electrons. The van der Waals surface area contributed by atoms with Gasteiger partial charge in [0.2, 0.25) is 0 Å². The van der Waals surface area contributed by atoms with Gasteiger partial charge in [-0.2, -0.15) is 0 Å². The van der Waals surface area contributed by atoms with Crippen molar-refractivity contribution in [3.8, 4) is 33.4 Å². The summed E-state index contributed by atoms with van der Waals surface area (Å²) in [4.78, 5) is 0. The van der Waals surface area contributed by atoms with Gasteiger partial charge in [0, 0.05) is 30.1 Å². The molecule has 0 aromatic heterocycles. The molecule has 0 N–H and O–H groups in total. The number of rotatable bonds is 1. The minimum atomic E-state index is 0.813. The van der Waals surface area contributed by atoms with Crippen LogP contribution in [-0.2, 0) is 12.8 Å². The lowest BCUT2D eigenvalue weighted by atomic mass is 9.90. The summed E-state index contributed by atoms with van der Waals surface area (Å²) in [5.74, 6) is 0. The number of halogens is 4. The Balaban J connectivity index is 1.59. The average Bonchev–Trinajstić information content (AvgIpc) is 3.28. The molecule has 0 saturated heterocycles. The van der Waals surface area contributed by atoms with E-state index in [1.165, 1.54) is 55.6 Å². The highest BCUT2D eigenvalue weighted by Gasteiger charge is 2.29. The van der Waals surface area contributed by atoms with Crippen molar-refractivity contribution in [3.05, 3.63) is 102 Å². The molecule has 0 nitrogen and oxygen atoms in total. The quantitative estimate of drug-likeness (QED) is 0.189. The van der Waals surface area contributed by atoms with E-state index in [4.69, 9.17) is 23.2 Å². The van der Waals surface area contributed by atoms with Crippen LogP contribution in [0.4, 0.5) is 0 Å². The third-order valence-corrected chi connectivity index (χ3v) is 7.84. The van der Waals surface area contributed by atoms with Crippen LogP contribution in [0.25, 0.3) is 33.4 Å². The predicted octanol–water partition coefficient (Wildman–Crippen LogP) is 9.33. The van der Waals surface area contributed by atoms with E-state index in [-0.39, 0.29) is 0 Å². The Labute approximate surface area is 202 Å². The van der Waals surface area contributed by atoms with Gasteiger partial charge in [-0.15, -0.1) is 0 Å². The van der Waals surface area contributed by atoms with E-state index in [0.717, 1.165) is 31.8 Å². The lowest BCUT2D eigenvalue weighted by Crippen LogP contribution is -1.94. The number of hydrogen-bond donors (Lipinski definition) is 0. The second kappa shape index (κ2) is 6.97. The first-order chi connectivity index (χ1) is 14.5. The SMILES string of the molecule is Clc1ccc(-c2ccc(Cl)c3c2Cc2cc(Br)ccc2-3)c2c1-c1ccc(Br)cc1C2. The summed E-state index contributed by atoms with van der Waals surface area (Å²) < 4.78 is 2.19. The van der Waals surface area contributed by atoms with Gasteiger partial charge in [0.1, 0.15) is 0 Å². The van der Waals surface area contributed by atoms with Crippen LogP contribution < -0.4 is 0 Å². The van der Waals surface area contributed by atoms with Crippen molar-refractivity contribution < 1.29 is 0 Å². The van der Waals surface area contributed by atoms with Crippen LogP contribution in [0.15, 0.2) is 69.6 Å². The van der Waals surface area contributed by atoms with E-state index >= 15 is 0 Å². The summed E-state index contributed by atoms with van der Waals surface area (Å²) in [6.45, 7) is 0. The molecular formula is C26H14Br2Cl2. The Kier molecular flexibility index (Phi) is 4.44. The molecule has 2 aliphatic carbocycles. The Morgan fingerprint density at radius 2 is 0.933 bits per heavy atom. The molecule has 0 amide bonds. The maximum atomic E-state index is 6.69. The third kappa shape index (κ3) is 2.78. The van der Waals surface area contributed by atoms with E-state index in [1.54, 1.807) is 0 Å². The lowest BCUT2D eigenvalue weighted by molar-refractivity contribution is 1.23. The van der Waals surface area contributed by atoms with Gasteiger partial charge in [-0.1, -0.05) is 79.3 Å². The van der Waals surface area contributed by atoms with Crippen molar-refractivity contribution in [2.24, 2.45) is 0 Å². The number of benzene rings is 4. The van der Waals surface area contributed by atoms with Crippen molar-refractivity contribution in [2.45, 2.75) is 12.8 Å². The Morgan fingerprint density at radius 1 is 0.533 bits per heavy atom. The van der Waals surface area contributed by atoms with Crippen molar-refractivity contribution in [1.29, 1.82) is 0 Å². The van der Waals surface area contributed by atoms with Gasteiger partial charge in [-0.3, -0.25) is 0 Å². The molecule has 4 aromatic rings. The Hall–Kier alpha value is -1.58. The minimum Gasteiger partial charge on any atom is -0.0837 e. The maximum Gasteiger partial charge on any atom is 0.0487 e. The van der Waals surface area contributed by atoms with E-state index in [9.17, 15) is 0 Å². The largest absolute Gasteiger partial charge is 0.0837 e. The second-order valence-corrected chi connectivity index (χ2v) is 10.5. The van der Waals surface area contributed by atoms with E-state index in [2.05, 4.69) is 80.4 Å².